The Hall–Kier alpha value is -0.805. The fourth-order valence-corrected chi connectivity index (χ4v) is 1.16. The Bertz CT molecular complexity index is 260. The van der Waals surface area contributed by atoms with E-state index in [-0.39, 0.29) is 0 Å². The summed E-state index contributed by atoms with van der Waals surface area (Å²) in [4.78, 5) is 0. The molecule has 0 radical (unpaired) electrons. The minimum absolute atomic E-state index is 0.467. The highest BCUT2D eigenvalue weighted by molar-refractivity contribution is 6.57. The van der Waals surface area contributed by atoms with Gasteiger partial charge in [-0.25, -0.2) is 0 Å². The third-order valence-corrected chi connectivity index (χ3v) is 1.63. The zero-order valence-electron chi connectivity index (χ0n) is 7.36. The van der Waals surface area contributed by atoms with E-state index in [0.29, 0.717) is 5.59 Å². The minimum atomic E-state index is -1.42. The van der Waals surface area contributed by atoms with Crippen molar-refractivity contribution in [2.24, 2.45) is 0 Å². The van der Waals surface area contributed by atoms with Crippen LogP contribution in [0.2, 0.25) is 0 Å². The van der Waals surface area contributed by atoms with Gasteiger partial charge in [-0.2, -0.15) is 5.10 Å². The number of hydrogen-bond donors (Lipinski definition) is 2. The van der Waals surface area contributed by atoms with Crippen LogP contribution in [0, 0.1) is 6.92 Å². The molecule has 0 amide bonds. The van der Waals surface area contributed by atoms with E-state index in [4.69, 9.17) is 10.0 Å². The van der Waals surface area contributed by atoms with Crippen molar-refractivity contribution in [2.45, 2.75) is 26.8 Å². The maximum Gasteiger partial charge on any atom is 0.507 e. The molecule has 4 nitrogen and oxygen atoms in total. The van der Waals surface area contributed by atoms with Gasteiger partial charge in [-0.3, -0.25) is 4.68 Å². The topological polar surface area (TPSA) is 58.3 Å². The molecule has 0 spiro atoms. The van der Waals surface area contributed by atoms with Crippen LogP contribution in [0.1, 0.15) is 19.0 Å². The zero-order valence-corrected chi connectivity index (χ0v) is 7.36. The largest absolute Gasteiger partial charge is 0.507 e. The second kappa shape index (κ2) is 3.73. The third-order valence-electron chi connectivity index (χ3n) is 1.63. The average molecular weight is 168 g/mol. The molecule has 1 aromatic rings. The van der Waals surface area contributed by atoms with Crippen LogP contribution in [0.25, 0.3) is 0 Å². The van der Waals surface area contributed by atoms with Crippen LogP contribution in [-0.2, 0) is 6.54 Å². The molecule has 0 aromatic carbocycles. The average Bonchev–Trinajstić information content (AvgIpc) is 2.32. The first-order valence-corrected chi connectivity index (χ1v) is 4.05. The standard InChI is InChI=1S/C7H13BN2O2/c1-3-4-10-7(8(11)12)5-6(2)9-10/h5,11-12H,3-4H2,1-2H3. The van der Waals surface area contributed by atoms with Gasteiger partial charge in [-0.1, -0.05) is 6.92 Å². The monoisotopic (exact) mass is 168 g/mol. The maximum absolute atomic E-state index is 8.94. The molecule has 66 valence electrons. The Morgan fingerprint density at radius 1 is 1.58 bits per heavy atom. The lowest BCUT2D eigenvalue weighted by Gasteiger charge is -2.03. The van der Waals surface area contributed by atoms with Gasteiger partial charge in [-0.15, -0.1) is 0 Å². The van der Waals surface area contributed by atoms with Gasteiger partial charge in [0.05, 0.1) is 11.3 Å². The lowest BCUT2D eigenvalue weighted by molar-refractivity contribution is 0.419. The van der Waals surface area contributed by atoms with Crippen molar-refractivity contribution in [2.75, 3.05) is 0 Å². The van der Waals surface area contributed by atoms with Gasteiger partial charge in [0.15, 0.2) is 0 Å². The molecule has 0 aliphatic rings. The summed E-state index contributed by atoms with van der Waals surface area (Å²) in [6.07, 6.45) is 0.931. The Morgan fingerprint density at radius 2 is 2.25 bits per heavy atom. The van der Waals surface area contributed by atoms with Crippen LogP contribution in [-0.4, -0.2) is 26.9 Å². The van der Waals surface area contributed by atoms with Gasteiger partial charge in [0.1, 0.15) is 0 Å². The fraction of sp³-hybridized carbons (Fsp3) is 0.571. The first kappa shape index (κ1) is 9.28. The smallest absolute Gasteiger partial charge is 0.422 e. The van der Waals surface area contributed by atoms with E-state index in [1.165, 1.54) is 0 Å². The van der Waals surface area contributed by atoms with E-state index in [1.807, 2.05) is 13.8 Å². The second-order valence-corrected chi connectivity index (χ2v) is 2.81. The van der Waals surface area contributed by atoms with E-state index in [2.05, 4.69) is 5.10 Å². The molecular weight excluding hydrogens is 155 g/mol. The molecule has 1 heterocycles. The normalized spacial score (nSPS) is 10.3. The van der Waals surface area contributed by atoms with E-state index in [9.17, 15) is 0 Å². The van der Waals surface area contributed by atoms with Crippen molar-refractivity contribution in [3.63, 3.8) is 0 Å². The predicted molar refractivity (Wildman–Crippen MR) is 47.1 cm³/mol. The number of hydrogen-bond acceptors (Lipinski definition) is 3. The van der Waals surface area contributed by atoms with Gasteiger partial charge >= 0.3 is 7.12 Å². The summed E-state index contributed by atoms with van der Waals surface area (Å²) in [5.74, 6) is 0. The van der Waals surface area contributed by atoms with Crippen LogP contribution >= 0.6 is 0 Å². The molecule has 0 fully saturated rings. The predicted octanol–water partition coefficient (Wildman–Crippen LogP) is -0.719. The van der Waals surface area contributed by atoms with E-state index < -0.39 is 7.12 Å². The SMILES string of the molecule is CCCn1nc(C)cc1B(O)O. The molecule has 2 N–H and O–H groups in total. The highest BCUT2D eigenvalue weighted by Crippen LogP contribution is 1.93. The van der Waals surface area contributed by atoms with Gasteiger partial charge < -0.3 is 10.0 Å². The Kier molecular flexibility index (Phi) is 2.89. The molecule has 0 saturated carbocycles. The summed E-state index contributed by atoms with van der Waals surface area (Å²) in [7, 11) is -1.42. The summed E-state index contributed by atoms with van der Waals surface area (Å²) in [5.41, 5.74) is 1.28. The van der Waals surface area contributed by atoms with Crippen molar-refractivity contribution in [1.29, 1.82) is 0 Å². The van der Waals surface area contributed by atoms with Crippen molar-refractivity contribution in [3.8, 4) is 0 Å². The first-order valence-electron chi connectivity index (χ1n) is 4.05. The minimum Gasteiger partial charge on any atom is -0.422 e. The Balaban J connectivity index is 2.92. The molecule has 0 unspecified atom stereocenters. The highest BCUT2D eigenvalue weighted by Gasteiger charge is 2.17. The molecular formula is C7H13BN2O2. The molecule has 0 aliphatic heterocycles. The van der Waals surface area contributed by atoms with Gasteiger partial charge in [-0.05, 0) is 19.4 Å². The van der Waals surface area contributed by atoms with Crippen LogP contribution in [0.15, 0.2) is 6.07 Å². The third kappa shape index (κ3) is 1.87. The van der Waals surface area contributed by atoms with Crippen molar-refractivity contribution < 1.29 is 10.0 Å². The Morgan fingerprint density at radius 3 is 2.75 bits per heavy atom. The maximum atomic E-state index is 8.94. The van der Waals surface area contributed by atoms with Gasteiger partial charge in [0.2, 0.25) is 0 Å². The molecule has 1 aromatic heterocycles. The zero-order chi connectivity index (χ0) is 9.14. The summed E-state index contributed by atoms with van der Waals surface area (Å²) in [6.45, 7) is 4.57. The van der Waals surface area contributed by atoms with Crippen LogP contribution in [0.4, 0.5) is 0 Å². The Labute approximate surface area is 72.0 Å². The lowest BCUT2D eigenvalue weighted by atomic mass is 9.86. The van der Waals surface area contributed by atoms with Gasteiger partial charge in [0, 0.05) is 6.54 Å². The fourth-order valence-electron chi connectivity index (χ4n) is 1.16. The second-order valence-electron chi connectivity index (χ2n) is 2.81. The van der Waals surface area contributed by atoms with Crippen molar-refractivity contribution in [3.05, 3.63) is 11.8 Å². The van der Waals surface area contributed by atoms with E-state index in [1.54, 1.807) is 10.7 Å². The number of rotatable bonds is 3. The highest BCUT2D eigenvalue weighted by atomic mass is 16.4. The summed E-state index contributed by atoms with van der Waals surface area (Å²) in [5, 5.41) is 22.0. The molecule has 0 atom stereocenters. The summed E-state index contributed by atoms with van der Waals surface area (Å²) < 4.78 is 1.62. The quantitative estimate of drug-likeness (QED) is 0.585. The molecule has 5 heteroatoms. The van der Waals surface area contributed by atoms with Crippen LogP contribution in [0.3, 0.4) is 0 Å². The van der Waals surface area contributed by atoms with E-state index in [0.717, 1.165) is 18.7 Å². The molecule has 12 heavy (non-hydrogen) atoms. The van der Waals surface area contributed by atoms with Crippen LogP contribution < -0.4 is 5.59 Å². The van der Waals surface area contributed by atoms with Crippen LogP contribution in [0.5, 0.6) is 0 Å². The summed E-state index contributed by atoms with van der Waals surface area (Å²) >= 11 is 0. The number of nitrogens with zero attached hydrogens (tertiary/aromatic N) is 2. The molecule has 0 saturated heterocycles. The first-order chi connectivity index (χ1) is 5.65. The number of aromatic nitrogens is 2. The number of aryl methyl sites for hydroxylation is 2. The molecule has 0 bridgehead atoms. The van der Waals surface area contributed by atoms with Gasteiger partial charge in [0.25, 0.3) is 0 Å². The van der Waals surface area contributed by atoms with Crippen molar-refractivity contribution >= 4 is 12.7 Å². The molecule has 0 aliphatic carbocycles. The van der Waals surface area contributed by atoms with Crippen molar-refractivity contribution in [1.82, 2.24) is 9.78 Å². The summed E-state index contributed by atoms with van der Waals surface area (Å²) in [6, 6.07) is 1.68. The molecule has 1 rings (SSSR count). The lowest BCUT2D eigenvalue weighted by Crippen LogP contribution is -2.36. The van der Waals surface area contributed by atoms with E-state index >= 15 is 0 Å².